The average molecular weight is 346 g/mol. The van der Waals surface area contributed by atoms with E-state index in [0.29, 0.717) is 0 Å². The summed E-state index contributed by atoms with van der Waals surface area (Å²) in [7, 11) is 2.63. The Labute approximate surface area is 122 Å². The SMILES string of the molecule is Pc1ccccc1.[C-]#[O+].[C-]#[O+].[C-]#[O+].[C-]#[O+].[C-]#[O+].[Mo]. The fourth-order valence-electron chi connectivity index (χ4n) is 0.453. The fraction of sp³-hybridized carbons (Fsp3) is 0. The van der Waals surface area contributed by atoms with Crippen molar-refractivity contribution in [2.45, 2.75) is 0 Å². The summed E-state index contributed by atoms with van der Waals surface area (Å²) in [5.41, 5.74) is 0. The third-order valence-electron chi connectivity index (χ3n) is 0.800. The third kappa shape index (κ3) is 59.8. The van der Waals surface area contributed by atoms with Crippen LogP contribution in [-0.4, -0.2) is 0 Å². The first-order valence-corrected chi connectivity index (χ1v) is 3.80. The monoisotopic (exact) mass is 348 g/mol. The molecule has 0 aliphatic carbocycles. The smallest absolute Gasteiger partial charge is 0 e. The first-order valence-electron chi connectivity index (χ1n) is 3.22. The van der Waals surface area contributed by atoms with Crippen LogP contribution >= 0.6 is 9.24 Å². The normalized spacial score (nSPS) is 3.94. The zero-order valence-corrected chi connectivity index (χ0v) is 12.1. The van der Waals surface area contributed by atoms with E-state index in [-0.39, 0.29) is 21.1 Å². The van der Waals surface area contributed by atoms with Gasteiger partial charge in [0.15, 0.2) is 0 Å². The second-order valence-electron chi connectivity index (χ2n) is 1.41. The maximum Gasteiger partial charge on any atom is 0 e. The van der Waals surface area contributed by atoms with E-state index in [2.05, 4.69) is 42.5 Å². The van der Waals surface area contributed by atoms with E-state index in [9.17, 15) is 0 Å². The molecule has 1 atom stereocenters. The van der Waals surface area contributed by atoms with Crippen molar-refractivity contribution in [3.8, 4) is 0 Å². The van der Waals surface area contributed by atoms with Crippen molar-refractivity contribution in [3.63, 3.8) is 0 Å². The van der Waals surface area contributed by atoms with Gasteiger partial charge in [-0.1, -0.05) is 30.3 Å². The minimum absolute atomic E-state index is 0. The van der Waals surface area contributed by atoms with Crippen LogP contribution in [0.3, 0.4) is 0 Å². The van der Waals surface area contributed by atoms with Crippen LogP contribution in [0.2, 0.25) is 0 Å². The van der Waals surface area contributed by atoms with E-state index in [1.807, 2.05) is 30.3 Å². The maximum absolute atomic E-state index is 7.50. The van der Waals surface area contributed by atoms with Gasteiger partial charge in [-0.05, 0) is 5.30 Å². The third-order valence-corrected chi connectivity index (χ3v) is 1.18. The molecule has 0 saturated carbocycles. The summed E-state index contributed by atoms with van der Waals surface area (Å²) in [5.74, 6) is 0. The van der Waals surface area contributed by atoms with Crippen LogP contribution in [0.25, 0.3) is 0 Å². The van der Waals surface area contributed by atoms with Gasteiger partial charge in [-0.3, -0.25) is 0 Å². The molecule has 18 heavy (non-hydrogen) atoms. The first-order chi connectivity index (χ1) is 8.39. The molecular formula is C11H7MoO5P. The first kappa shape index (κ1) is 36.0. The van der Waals surface area contributed by atoms with E-state index >= 15 is 0 Å². The quantitative estimate of drug-likeness (QED) is 0.290. The molecule has 0 fully saturated rings. The van der Waals surface area contributed by atoms with E-state index < -0.39 is 0 Å². The van der Waals surface area contributed by atoms with Crippen molar-refractivity contribution in [3.05, 3.63) is 63.6 Å². The topological polar surface area (TPSA) is 99.5 Å². The largest absolute Gasteiger partial charge is 0 e. The van der Waals surface area contributed by atoms with Crippen molar-refractivity contribution in [2.75, 3.05) is 0 Å². The van der Waals surface area contributed by atoms with E-state index in [1.54, 1.807) is 0 Å². The summed E-state index contributed by atoms with van der Waals surface area (Å²) in [6.45, 7) is 22.5. The van der Waals surface area contributed by atoms with Crippen LogP contribution in [0.4, 0.5) is 0 Å². The predicted octanol–water partition coefficient (Wildman–Crippen LogP) is 0.997. The molecule has 1 unspecified atom stereocenters. The minimum atomic E-state index is 0. The zero-order chi connectivity index (χ0) is 15.1. The number of hydrogen-bond acceptors (Lipinski definition) is 0. The molecule has 0 aliphatic rings. The molecule has 0 bridgehead atoms. The molecule has 1 aromatic carbocycles. The van der Waals surface area contributed by atoms with Crippen LogP contribution in [0.15, 0.2) is 30.3 Å². The second-order valence-corrected chi connectivity index (χ2v) is 2.08. The number of rotatable bonds is 0. The van der Waals surface area contributed by atoms with Crippen molar-refractivity contribution in [1.82, 2.24) is 0 Å². The average Bonchev–Trinajstić information content (AvgIpc) is 2.50. The summed E-state index contributed by atoms with van der Waals surface area (Å²) in [4.78, 5) is 0. The van der Waals surface area contributed by atoms with Crippen LogP contribution in [0.1, 0.15) is 0 Å². The van der Waals surface area contributed by atoms with Crippen LogP contribution in [0.5, 0.6) is 0 Å². The summed E-state index contributed by atoms with van der Waals surface area (Å²) in [6.07, 6.45) is 0. The minimum Gasteiger partial charge on any atom is 0 e. The molecule has 0 radical (unpaired) electrons. The van der Waals surface area contributed by atoms with Crippen molar-refractivity contribution in [1.29, 1.82) is 0 Å². The van der Waals surface area contributed by atoms with Crippen LogP contribution in [-0.2, 0) is 44.3 Å². The van der Waals surface area contributed by atoms with E-state index in [4.69, 9.17) is 23.3 Å². The van der Waals surface area contributed by atoms with E-state index in [0.717, 1.165) is 0 Å². The number of hydrogen-bond donors (Lipinski definition) is 0. The summed E-state index contributed by atoms with van der Waals surface area (Å²) in [5, 5.41) is 1.24. The Hall–Kier alpha value is -0.962. The molecule has 1 aromatic rings. The molecule has 0 aliphatic heterocycles. The van der Waals surface area contributed by atoms with Gasteiger partial charge in [0.1, 0.15) is 0 Å². The van der Waals surface area contributed by atoms with Crippen molar-refractivity contribution >= 4 is 14.5 Å². The Morgan fingerprint density at radius 3 is 0.944 bits per heavy atom. The summed E-state index contributed by atoms with van der Waals surface area (Å²) in [6, 6.07) is 10.1. The predicted molar refractivity (Wildman–Crippen MR) is 55.4 cm³/mol. The van der Waals surface area contributed by atoms with Gasteiger partial charge in [0.05, 0.1) is 0 Å². The van der Waals surface area contributed by atoms with Gasteiger partial charge in [0, 0.05) is 21.1 Å². The van der Waals surface area contributed by atoms with Crippen LogP contribution < -0.4 is 5.30 Å². The zero-order valence-electron chi connectivity index (χ0n) is 8.91. The molecule has 0 saturated heterocycles. The van der Waals surface area contributed by atoms with Gasteiger partial charge in [-0.15, -0.1) is 9.24 Å². The van der Waals surface area contributed by atoms with Gasteiger partial charge < -0.3 is 0 Å². The Bertz CT molecular complexity index is 281. The summed E-state index contributed by atoms with van der Waals surface area (Å²) >= 11 is 0. The molecule has 0 aromatic heterocycles. The standard InChI is InChI=1S/C6H7P.5CO.Mo/c7-6-4-2-1-3-5-6;5*1-2;/h1-5H,7H2;;;;;;. The second kappa shape index (κ2) is 73.2. The van der Waals surface area contributed by atoms with E-state index in [1.165, 1.54) is 5.30 Å². The Balaban J connectivity index is -0.0000000285. The Morgan fingerprint density at radius 1 is 0.611 bits per heavy atom. The maximum atomic E-state index is 7.50. The number of benzene rings is 1. The molecule has 5 nitrogen and oxygen atoms in total. The Morgan fingerprint density at radius 2 is 0.833 bits per heavy atom. The molecule has 92 valence electrons. The van der Waals surface area contributed by atoms with Gasteiger partial charge in [-0.25, -0.2) is 0 Å². The molecule has 0 spiro atoms. The van der Waals surface area contributed by atoms with Gasteiger partial charge in [0.2, 0.25) is 0 Å². The molecule has 0 amide bonds. The molecule has 1 rings (SSSR count). The fourth-order valence-corrected chi connectivity index (χ4v) is 0.675. The van der Waals surface area contributed by atoms with Gasteiger partial charge in [-0.2, -0.15) is 0 Å². The van der Waals surface area contributed by atoms with Crippen molar-refractivity contribution in [2.24, 2.45) is 0 Å². The molecule has 0 heterocycles. The summed E-state index contributed by atoms with van der Waals surface area (Å²) < 4.78 is 37.5. The van der Waals surface area contributed by atoms with Gasteiger partial charge in [0.25, 0.3) is 0 Å². The van der Waals surface area contributed by atoms with Crippen molar-refractivity contribution < 1.29 is 44.3 Å². The van der Waals surface area contributed by atoms with Gasteiger partial charge >= 0.3 is 56.5 Å². The molecular weight excluding hydrogens is 339 g/mol. The molecule has 0 N–H and O–H groups in total. The molecule has 7 heteroatoms. The Kier molecular flexibility index (Phi) is 146. The van der Waals surface area contributed by atoms with Crippen LogP contribution in [0, 0.1) is 33.3 Å².